The van der Waals surface area contributed by atoms with Gasteiger partial charge in [-0.25, -0.2) is 0 Å². The normalized spacial score (nSPS) is 10.2. The van der Waals surface area contributed by atoms with E-state index in [0.29, 0.717) is 17.1 Å². The van der Waals surface area contributed by atoms with Gasteiger partial charge in [0.1, 0.15) is 5.76 Å². The molecule has 0 saturated carbocycles. The Bertz CT molecular complexity index is 561. The van der Waals surface area contributed by atoms with Gasteiger partial charge in [0.15, 0.2) is 5.69 Å². The van der Waals surface area contributed by atoms with Crippen molar-refractivity contribution in [1.29, 1.82) is 0 Å². The van der Waals surface area contributed by atoms with Gasteiger partial charge in [-0.15, -0.1) is 0 Å². The van der Waals surface area contributed by atoms with Gasteiger partial charge in [0.2, 0.25) is 0 Å². The van der Waals surface area contributed by atoms with Crippen LogP contribution < -0.4 is 11.1 Å². The Hall–Kier alpha value is -2.30. The lowest BCUT2D eigenvalue weighted by molar-refractivity contribution is 0.101. The quantitative estimate of drug-likeness (QED) is 0.776. The predicted octanol–water partition coefficient (Wildman–Crippen LogP) is 2.13. The second-order valence-corrected chi connectivity index (χ2v) is 3.85. The predicted molar refractivity (Wildman–Crippen MR) is 64.8 cm³/mol. The van der Waals surface area contributed by atoms with Crippen LogP contribution in [0.25, 0.3) is 0 Å². The second kappa shape index (κ2) is 4.29. The average molecular weight is 231 g/mol. The van der Waals surface area contributed by atoms with Crippen LogP contribution in [0.15, 0.2) is 28.8 Å². The number of nitrogens with zero attached hydrogens (tertiary/aromatic N) is 1. The fraction of sp³-hybridized carbons (Fsp3) is 0.167. The highest BCUT2D eigenvalue weighted by atomic mass is 16.5. The number of amides is 1. The first-order valence-corrected chi connectivity index (χ1v) is 5.17. The van der Waals surface area contributed by atoms with E-state index in [9.17, 15) is 4.79 Å². The van der Waals surface area contributed by atoms with Gasteiger partial charge in [0, 0.05) is 17.4 Å². The van der Waals surface area contributed by atoms with Gasteiger partial charge in [-0.2, -0.15) is 0 Å². The first kappa shape index (κ1) is 11.2. The van der Waals surface area contributed by atoms with E-state index in [-0.39, 0.29) is 11.6 Å². The fourth-order valence-corrected chi connectivity index (χ4v) is 1.42. The molecule has 1 heterocycles. The summed E-state index contributed by atoms with van der Waals surface area (Å²) in [6, 6.07) is 6.88. The molecule has 0 atom stereocenters. The lowest BCUT2D eigenvalue weighted by Gasteiger charge is -2.05. The Morgan fingerprint density at radius 1 is 1.35 bits per heavy atom. The maximum absolute atomic E-state index is 11.8. The van der Waals surface area contributed by atoms with E-state index in [1.54, 1.807) is 31.2 Å². The molecule has 5 heteroatoms. The molecule has 17 heavy (non-hydrogen) atoms. The summed E-state index contributed by atoms with van der Waals surface area (Å²) in [7, 11) is 0. The van der Waals surface area contributed by atoms with Crippen molar-refractivity contribution in [2.24, 2.45) is 0 Å². The lowest BCUT2D eigenvalue weighted by atomic mass is 10.2. The van der Waals surface area contributed by atoms with Crippen LogP contribution in [0.1, 0.15) is 21.8 Å². The van der Waals surface area contributed by atoms with Gasteiger partial charge in [-0.3, -0.25) is 4.79 Å². The maximum Gasteiger partial charge on any atom is 0.277 e. The summed E-state index contributed by atoms with van der Waals surface area (Å²) in [5.74, 6) is 0.301. The van der Waals surface area contributed by atoms with Crippen molar-refractivity contribution in [3.63, 3.8) is 0 Å². The molecule has 88 valence electrons. The third-order valence-electron chi connectivity index (χ3n) is 2.39. The molecule has 2 aromatic rings. The van der Waals surface area contributed by atoms with Crippen molar-refractivity contribution in [3.05, 3.63) is 41.3 Å². The number of rotatable bonds is 2. The molecular weight excluding hydrogens is 218 g/mol. The topological polar surface area (TPSA) is 81.2 Å². The molecule has 0 fully saturated rings. The Morgan fingerprint density at radius 3 is 2.71 bits per heavy atom. The highest BCUT2D eigenvalue weighted by Gasteiger charge is 2.11. The molecule has 1 aromatic heterocycles. The van der Waals surface area contributed by atoms with Gasteiger partial charge in [-0.1, -0.05) is 5.16 Å². The molecule has 0 aliphatic carbocycles. The van der Waals surface area contributed by atoms with Crippen LogP contribution in [0.5, 0.6) is 0 Å². The number of anilines is 2. The van der Waals surface area contributed by atoms with E-state index >= 15 is 0 Å². The number of benzene rings is 1. The summed E-state index contributed by atoms with van der Waals surface area (Å²) in [4.78, 5) is 11.8. The molecule has 0 bridgehead atoms. The molecule has 0 radical (unpaired) electrons. The van der Waals surface area contributed by atoms with Crippen molar-refractivity contribution in [1.82, 2.24) is 5.16 Å². The van der Waals surface area contributed by atoms with E-state index in [0.717, 1.165) is 5.56 Å². The SMILES string of the molecule is Cc1cc(C(=O)Nc2ccc(N)c(C)c2)no1. The van der Waals surface area contributed by atoms with Crippen molar-refractivity contribution >= 4 is 17.3 Å². The Kier molecular flexibility index (Phi) is 2.82. The van der Waals surface area contributed by atoms with Crippen LogP contribution in [0.4, 0.5) is 11.4 Å². The maximum atomic E-state index is 11.8. The van der Waals surface area contributed by atoms with Crippen molar-refractivity contribution < 1.29 is 9.32 Å². The molecule has 0 spiro atoms. The molecule has 0 unspecified atom stereocenters. The summed E-state index contributed by atoms with van der Waals surface area (Å²) >= 11 is 0. The summed E-state index contributed by atoms with van der Waals surface area (Å²) in [6.45, 7) is 3.61. The minimum absolute atomic E-state index is 0.261. The smallest absolute Gasteiger partial charge is 0.277 e. The van der Waals surface area contributed by atoms with E-state index in [1.165, 1.54) is 0 Å². The Morgan fingerprint density at radius 2 is 2.12 bits per heavy atom. The van der Waals surface area contributed by atoms with Crippen LogP contribution >= 0.6 is 0 Å². The number of nitrogen functional groups attached to an aromatic ring is 1. The van der Waals surface area contributed by atoms with E-state index in [2.05, 4.69) is 10.5 Å². The molecule has 1 aromatic carbocycles. The monoisotopic (exact) mass is 231 g/mol. The van der Waals surface area contributed by atoms with Gasteiger partial charge < -0.3 is 15.6 Å². The number of aryl methyl sites for hydroxylation is 2. The van der Waals surface area contributed by atoms with E-state index in [1.807, 2.05) is 6.92 Å². The first-order chi connectivity index (χ1) is 8.06. The van der Waals surface area contributed by atoms with Crippen LogP contribution in [0.2, 0.25) is 0 Å². The number of hydrogen-bond acceptors (Lipinski definition) is 4. The highest BCUT2D eigenvalue weighted by molar-refractivity contribution is 6.02. The van der Waals surface area contributed by atoms with Gasteiger partial charge in [0.05, 0.1) is 0 Å². The number of aromatic nitrogens is 1. The fourth-order valence-electron chi connectivity index (χ4n) is 1.42. The third kappa shape index (κ3) is 2.44. The molecule has 5 nitrogen and oxygen atoms in total. The Labute approximate surface area is 98.6 Å². The van der Waals surface area contributed by atoms with Gasteiger partial charge in [0.25, 0.3) is 5.91 Å². The number of hydrogen-bond donors (Lipinski definition) is 2. The summed E-state index contributed by atoms with van der Waals surface area (Å²) in [5, 5.41) is 6.36. The van der Waals surface area contributed by atoms with Crippen molar-refractivity contribution in [2.75, 3.05) is 11.1 Å². The zero-order valence-electron chi connectivity index (χ0n) is 9.65. The molecule has 0 saturated heterocycles. The third-order valence-corrected chi connectivity index (χ3v) is 2.39. The minimum atomic E-state index is -0.300. The number of carbonyl (C=O) groups is 1. The molecule has 2 rings (SSSR count). The molecule has 0 aliphatic heterocycles. The van der Waals surface area contributed by atoms with Crippen LogP contribution in [-0.4, -0.2) is 11.1 Å². The van der Waals surface area contributed by atoms with Crippen LogP contribution in [-0.2, 0) is 0 Å². The van der Waals surface area contributed by atoms with Gasteiger partial charge in [-0.05, 0) is 37.6 Å². The molecule has 3 N–H and O–H groups in total. The minimum Gasteiger partial charge on any atom is -0.399 e. The Balaban J connectivity index is 2.15. The van der Waals surface area contributed by atoms with Crippen LogP contribution in [0, 0.1) is 13.8 Å². The first-order valence-electron chi connectivity index (χ1n) is 5.17. The highest BCUT2D eigenvalue weighted by Crippen LogP contribution is 2.17. The van der Waals surface area contributed by atoms with Gasteiger partial charge >= 0.3 is 0 Å². The second-order valence-electron chi connectivity index (χ2n) is 3.85. The van der Waals surface area contributed by atoms with Crippen LogP contribution in [0.3, 0.4) is 0 Å². The lowest BCUT2D eigenvalue weighted by Crippen LogP contribution is -2.12. The molecule has 0 aliphatic rings. The summed E-state index contributed by atoms with van der Waals surface area (Å²) in [5.41, 5.74) is 8.25. The largest absolute Gasteiger partial charge is 0.399 e. The molecular formula is C12H13N3O2. The zero-order valence-corrected chi connectivity index (χ0v) is 9.65. The number of nitrogens with one attached hydrogen (secondary N) is 1. The average Bonchev–Trinajstić information content (AvgIpc) is 2.70. The number of nitrogens with two attached hydrogens (primary N) is 1. The number of carbonyl (C=O) groups excluding carboxylic acids is 1. The molecule has 1 amide bonds. The van der Waals surface area contributed by atoms with Crippen molar-refractivity contribution in [2.45, 2.75) is 13.8 Å². The van der Waals surface area contributed by atoms with E-state index in [4.69, 9.17) is 10.3 Å². The zero-order chi connectivity index (χ0) is 12.4. The van der Waals surface area contributed by atoms with E-state index < -0.39 is 0 Å². The standard InChI is InChI=1S/C12H13N3O2/c1-7-5-9(3-4-10(7)13)14-12(16)11-6-8(2)17-15-11/h3-6H,13H2,1-2H3,(H,14,16). The summed E-state index contributed by atoms with van der Waals surface area (Å²) < 4.78 is 4.84. The van der Waals surface area contributed by atoms with Crippen molar-refractivity contribution in [3.8, 4) is 0 Å². The summed E-state index contributed by atoms with van der Waals surface area (Å²) in [6.07, 6.45) is 0.